The third-order valence-electron chi connectivity index (χ3n) is 5.79. The van der Waals surface area contributed by atoms with E-state index in [0.717, 1.165) is 16.8 Å². The first kappa shape index (κ1) is 22.8. The highest BCUT2D eigenvalue weighted by Crippen LogP contribution is 2.37. The molecule has 35 heavy (non-hydrogen) atoms. The average molecular weight is 487 g/mol. The predicted octanol–water partition coefficient (Wildman–Crippen LogP) is 5.34. The summed E-state index contributed by atoms with van der Waals surface area (Å²) in [6, 6.07) is 17.5. The number of fused-ring (bicyclic) bond motifs is 1. The van der Waals surface area contributed by atoms with E-state index >= 15 is 0 Å². The third-order valence-corrected chi connectivity index (χ3v) is 6.67. The number of aromatic nitrogens is 4. The van der Waals surface area contributed by atoms with E-state index in [1.807, 2.05) is 50.2 Å². The number of hydrogen-bond acceptors (Lipinski definition) is 6. The molecule has 2 aromatic heterocycles. The Balaban J connectivity index is 1.49. The van der Waals surface area contributed by atoms with Crippen LogP contribution in [0.2, 0.25) is 0 Å². The number of aryl methyl sites for hydroxylation is 1. The Bertz CT molecular complexity index is 1420. The molecule has 9 heteroatoms. The first-order chi connectivity index (χ1) is 17.0. The Hall–Kier alpha value is -3.98. The number of rotatable bonds is 6. The number of anilines is 2. The summed E-state index contributed by atoms with van der Waals surface area (Å²) in [5.41, 5.74) is 4.29. The Morgan fingerprint density at radius 1 is 1.11 bits per heavy atom. The Morgan fingerprint density at radius 2 is 1.91 bits per heavy atom. The molecule has 4 aromatic rings. The monoisotopic (exact) mass is 486 g/mol. The molecule has 0 saturated carbocycles. The van der Waals surface area contributed by atoms with Gasteiger partial charge >= 0.3 is 0 Å². The fourth-order valence-corrected chi connectivity index (χ4v) is 4.81. The second kappa shape index (κ2) is 9.71. The van der Waals surface area contributed by atoms with Crippen LogP contribution in [0.1, 0.15) is 29.7 Å². The van der Waals surface area contributed by atoms with Gasteiger partial charge in [0.15, 0.2) is 0 Å². The van der Waals surface area contributed by atoms with E-state index in [0.29, 0.717) is 33.7 Å². The first-order valence-corrected chi connectivity index (χ1v) is 12.1. The van der Waals surface area contributed by atoms with Gasteiger partial charge < -0.3 is 10.6 Å². The van der Waals surface area contributed by atoms with Gasteiger partial charge in [0.2, 0.25) is 11.1 Å². The number of nitrogens with zero attached hydrogens (tertiary/aromatic N) is 4. The molecule has 0 spiro atoms. The first-order valence-electron chi connectivity index (χ1n) is 11.1. The molecule has 3 heterocycles. The summed E-state index contributed by atoms with van der Waals surface area (Å²) in [6.45, 7) is 3.80. The Labute approximate surface area is 206 Å². The standard InChI is InChI=1S/C26H23FN6OS/c1-16-8-3-6-12-21(16)30-24(34)22-17(2)29-25-31-26(35-15-19-9-4-5-11-20(19)27)32-33(25)23(22)18-10-7-13-28-14-18/h3-14,23H,15H2,1-2H3,(H,30,34)(H,29,31,32)/t23-/m0/s1. The second-order valence-electron chi connectivity index (χ2n) is 8.16. The minimum absolute atomic E-state index is 0.236. The van der Waals surface area contributed by atoms with Crippen molar-refractivity contribution in [2.24, 2.45) is 0 Å². The van der Waals surface area contributed by atoms with Crippen molar-refractivity contribution in [2.75, 3.05) is 10.6 Å². The largest absolute Gasteiger partial charge is 0.328 e. The van der Waals surface area contributed by atoms with Crippen molar-refractivity contribution >= 4 is 29.3 Å². The molecule has 0 fully saturated rings. The molecule has 176 valence electrons. The quantitative estimate of drug-likeness (QED) is 0.358. The normalized spacial score (nSPS) is 14.9. The van der Waals surface area contributed by atoms with Gasteiger partial charge in [0.05, 0.1) is 5.57 Å². The molecule has 0 unspecified atom stereocenters. The van der Waals surface area contributed by atoms with Crippen LogP contribution in [0.15, 0.2) is 89.5 Å². The van der Waals surface area contributed by atoms with E-state index in [9.17, 15) is 9.18 Å². The van der Waals surface area contributed by atoms with Crippen molar-refractivity contribution in [3.05, 3.63) is 107 Å². The van der Waals surface area contributed by atoms with Gasteiger partial charge in [-0.3, -0.25) is 9.78 Å². The van der Waals surface area contributed by atoms with E-state index in [4.69, 9.17) is 0 Å². The number of halogens is 1. The van der Waals surface area contributed by atoms with Gasteiger partial charge in [0, 0.05) is 29.5 Å². The van der Waals surface area contributed by atoms with Crippen molar-refractivity contribution < 1.29 is 9.18 Å². The maximum absolute atomic E-state index is 14.1. The fraction of sp³-hybridized carbons (Fsp3) is 0.154. The molecule has 0 bridgehead atoms. The van der Waals surface area contributed by atoms with Gasteiger partial charge in [-0.1, -0.05) is 54.2 Å². The number of para-hydroxylation sites is 1. The van der Waals surface area contributed by atoms with Gasteiger partial charge in [0.1, 0.15) is 11.9 Å². The third kappa shape index (κ3) is 4.67. The summed E-state index contributed by atoms with van der Waals surface area (Å²) in [7, 11) is 0. The van der Waals surface area contributed by atoms with E-state index in [1.54, 1.807) is 35.3 Å². The topological polar surface area (TPSA) is 84.7 Å². The number of thioether (sulfide) groups is 1. The van der Waals surface area contributed by atoms with Crippen molar-refractivity contribution in [1.29, 1.82) is 0 Å². The van der Waals surface area contributed by atoms with Gasteiger partial charge in [-0.15, -0.1) is 5.10 Å². The fourth-order valence-electron chi connectivity index (χ4n) is 3.99. The molecule has 0 radical (unpaired) electrons. The van der Waals surface area contributed by atoms with Crippen LogP contribution in [0.3, 0.4) is 0 Å². The molecular formula is C26H23FN6OS. The van der Waals surface area contributed by atoms with E-state index in [-0.39, 0.29) is 11.7 Å². The lowest BCUT2D eigenvalue weighted by atomic mass is 9.96. The van der Waals surface area contributed by atoms with Gasteiger partial charge in [-0.25, -0.2) is 9.07 Å². The van der Waals surface area contributed by atoms with Gasteiger partial charge in [-0.2, -0.15) is 4.98 Å². The van der Waals surface area contributed by atoms with E-state index < -0.39 is 6.04 Å². The maximum Gasteiger partial charge on any atom is 0.255 e. The number of nitrogens with one attached hydrogen (secondary N) is 2. The van der Waals surface area contributed by atoms with Crippen LogP contribution in [-0.2, 0) is 10.5 Å². The van der Waals surface area contributed by atoms with Crippen LogP contribution in [0.5, 0.6) is 0 Å². The number of amides is 1. The zero-order chi connectivity index (χ0) is 24.4. The lowest BCUT2D eigenvalue weighted by Crippen LogP contribution is -2.31. The van der Waals surface area contributed by atoms with Crippen LogP contribution in [0.4, 0.5) is 16.0 Å². The minimum Gasteiger partial charge on any atom is -0.328 e. The minimum atomic E-state index is -0.528. The molecule has 1 aliphatic heterocycles. The summed E-state index contributed by atoms with van der Waals surface area (Å²) in [5, 5.41) is 11.4. The van der Waals surface area contributed by atoms with Gasteiger partial charge in [-0.05, 0) is 48.7 Å². The number of carbonyl (C=O) groups is 1. The molecule has 2 N–H and O–H groups in total. The summed E-state index contributed by atoms with van der Waals surface area (Å²) >= 11 is 1.34. The van der Waals surface area contributed by atoms with Gasteiger partial charge in [0.25, 0.3) is 5.91 Å². The summed E-state index contributed by atoms with van der Waals surface area (Å²) in [5.74, 6) is 0.406. The zero-order valence-corrected chi connectivity index (χ0v) is 20.0. The molecule has 1 aliphatic rings. The zero-order valence-electron chi connectivity index (χ0n) is 19.2. The summed E-state index contributed by atoms with van der Waals surface area (Å²) in [4.78, 5) is 22.4. The molecule has 5 rings (SSSR count). The highest BCUT2D eigenvalue weighted by atomic mass is 32.2. The van der Waals surface area contributed by atoms with Crippen LogP contribution in [0.25, 0.3) is 0 Å². The molecule has 7 nitrogen and oxygen atoms in total. The van der Waals surface area contributed by atoms with Crippen LogP contribution < -0.4 is 10.6 Å². The smallest absolute Gasteiger partial charge is 0.255 e. The van der Waals surface area contributed by atoms with Crippen molar-refractivity contribution in [1.82, 2.24) is 19.7 Å². The lowest BCUT2D eigenvalue weighted by Gasteiger charge is -2.28. The number of pyridine rings is 1. The van der Waals surface area contributed by atoms with E-state index in [2.05, 4.69) is 25.7 Å². The van der Waals surface area contributed by atoms with Crippen molar-refractivity contribution in [3.63, 3.8) is 0 Å². The predicted molar refractivity (Wildman–Crippen MR) is 134 cm³/mol. The molecular weight excluding hydrogens is 463 g/mol. The summed E-state index contributed by atoms with van der Waals surface area (Å²) < 4.78 is 15.8. The SMILES string of the molecule is CC1=C(C(=O)Nc2ccccc2C)[C@H](c2cccnc2)n2nc(SCc3ccccc3F)nc2N1. The average Bonchev–Trinajstić information content (AvgIpc) is 3.27. The summed E-state index contributed by atoms with van der Waals surface area (Å²) in [6.07, 6.45) is 3.41. The molecule has 0 aliphatic carbocycles. The highest BCUT2D eigenvalue weighted by molar-refractivity contribution is 7.98. The van der Waals surface area contributed by atoms with Crippen LogP contribution in [-0.4, -0.2) is 25.7 Å². The number of benzene rings is 2. The Kier molecular flexibility index (Phi) is 6.33. The molecule has 2 aromatic carbocycles. The highest BCUT2D eigenvalue weighted by Gasteiger charge is 2.34. The Morgan fingerprint density at radius 3 is 2.69 bits per heavy atom. The van der Waals surface area contributed by atoms with Crippen LogP contribution >= 0.6 is 11.8 Å². The van der Waals surface area contributed by atoms with Crippen LogP contribution in [0, 0.1) is 12.7 Å². The van der Waals surface area contributed by atoms with E-state index in [1.165, 1.54) is 17.8 Å². The maximum atomic E-state index is 14.1. The number of carbonyl (C=O) groups excluding carboxylic acids is 1. The lowest BCUT2D eigenvalue weighted by molar-refractivity contribution is -0.113. The van der Waals surface area contributed by atoms with Crippen molar-refractivity contribution in [3.8, 4) is 0 Å². The molecule has 0 saturated heterocycles. The second-order valence-corrected chi connectivity index (χ2v) is 9.11. The molecule has 1 atom stereocenters. The number of allylic oxidation sites excluding steroid dienone is 1. The number of hydrogen-bond donors (Lipinski definition) is 2. The molecule has 1 amide bonds. The van der Waals surface area contributed by atoms with Crippen molar-refractivity contribution in [2.45, 2.75) is 30.8 Å².